The zero-order chi connectivity index (χ0) is 7.84. The fourth-order valence-electron chi connectivity index (χ4n) is 1.68. The van der Waals surface area contributed by atoms with Crippen LogP contribution in [0.5, 0.6) is 0 Å². The smallest absolute Gasteiger partial charge is 0.0375 e. The molecule has 0 saturated heterocycles. The molecule has 1 aromatic carbocycles. The van der Waals surface area contributed by atoms with Gasteiger partial charge in [0.05, 0.1) is 0 Å². The number of nitrogens with one attached hydrogen (secondary N) is 1. The number of anilines is 1. The van der Waals surface area contributed by atoms with Gasteiger partial charge in [-0.05, 0) is 31.9 Å². The van der Waals surface area contributed by atoms with Crippen LogP contribution in [-0.2, 0) is 6.42 Å². The summed E-state index contributed by atoms with van der Waals surface area (Å²) in [5.41, 5.74) is 4.15. The lowest BCUT2D eigenvalue weighted by Gasteiger charge is -2.01. The van der Waals surface area contributed by atoms with Crippen molar-refractivity contribution in [2.24, 2.45) is 0 Å². The molecule has 1 atom stereocenters. The normalized spacial score (nSPS) is 21.1. The van der Waals surface area contributed by atoms with E-state index in [1.807, 2.05) is 0 Å². The lowest BCUT2D eigenvalue weighted by atomic mass is 10.1. The first-order valence-electron chi connectivity index (χ1n) is 4.12. The lowest BCUT2D eigenvalue weighted by Crippen LogP contribution is -2.08. The maximum absolute atomic E-state index is 3.42. The summed E-state index contributed by atoms with van der Waals surface area (Å²) in [5.74, 6) is 0. The summed E-state index contributed by atoms with van der Waals surface area (Å²) in [5, 5.41) is 3.42. The van der Waals surface area contributed by atoms with Gasteiger partial charge in [-0.15, -0.1) is 0 Å². The zero-order valence-corrected chi connectivity index (χ0v) is 7.02. The SMILES string of the molecule is Cc1ccc2c(c1)C[C@H](C)N2. The molecule has 0 radical (unpaired) electrons. The molecular weight excluding hydrogens is 134 g/mol. The maximum atomic E-state index is 3.42. The van der Waals surface area contributed by atoms with Crippen LogP contribution >= 0.6 is 0 Å². The highest BCUT2D eigenvalue weighted by atomic mass is 14.9. The molecule has 1 aromatic rings. The van der Waals surface area contributed by atoms with Gasteiger partial charge in [-0.25, -0.2) is 0 Å². The van der Waals surface area contributed by atoms with Crippen molar-refractivity contribution in [3.63, 3.8) is 0 Å². The summed E-state index contributed by atoms with van der Waals surface area (Å²) in [6, 6.07) is 7.22. The summed E-state index contributed by atoms with van der Waals surface area (Å²) in [4.78, 5) is 0. The van der Waals surface area contributed by atoms with Gasteiger partial charge < -0.3 is 5.32 Å². The second-order valence-electron chi connectivity index (χ2n) is 3.41. The number of rotatable bonds is 0. The Kier molecular flexibility index (Phi) is 1.38. The van der Waals surface area contributed by atoms with Gasteiger partial charge >= 0.3 is 0 Å². The van der Waals surface area contributed by atoms with E-state index < -0.39 is 0 Å². The van der Waals surface area contributed by atoms with Crippen molar-refractivity contribution in [2.45, 2.75) is 26.3 Å². The standard InChI is InChI=1S/C10H13N/c1-7-3-4-10-9(5-7)6-8(2)11-10/h3-5,8,11H,6H2,1-2H3/t8-/m0/s1. The van der Waals surface area contributed by atoms with E-state index in [4.69, 9.17) is 0 Å². The van der Waals surface area contributed by atoms with Crippen molar-refractivity contribution >= 4 is 5.69 Å². The van der Waals surface area contributed by atoms with Gasteiger partial charge in [-0.1, -0.05) is 17.7 Å². The van der Waals surface area contributed by atoms with Crippen molar-refractivity contribution in [3.8, 4) is 0 Å². The van der Waals surface area contributed by atoms with Crippen LogP contribution in [0.4, 0.5) is 5.69 Å². The molecule has 0 aliphatic carbocycles. The number of aryl methyl sites for hydroxylation is 1. The van der Waals surface area contributed by atoms with Crippen LogP contribution in [0.25, 0.3) is 0 Å². The van der Waals surface area contributed by atoms with Gasteiger partial charge in [0.15, 0.2) is 0 Å². The highest BCUT2D eigenvalue weighted by Gasteiger charge is 2.15. The van der Waals surface area contributed by atoms with Gasteiger partial charge in [0.2, 0.25) is 0 Å². The molecule has 11 heavy (non-hydrogen) atoms. The first kappa shape index (κ1) is 6.71. The second kappa shape index (κ2) is 2.26. The quantitative estimate of drug-likeness (QED) is 0.594. The van der Waals surface area contributed by atoms with Crippen molar-refractivity contribution in [2.75, 3.05) is 5.32 Å². The van der Waals surface area contributed by atoms with E-state index in [9.17, 15) is 0 Å². The Morgan fingerprint density at radius 3 is 3.09 bits per heavy atom. The van der Waals surface area contributed by atoms with E-state index in [1.54, 1.807) is 0 Å². The molecule has 0 saturated carbocycles. The van der Waals surface area contributed by atoms with Gasteiger partial charge in [0.1, 0.15) is 0 Å². The lowest BCUT2D eigenvalue weighted by molar-refractivity contribution is 0.839. The van der Waals surface area contributed by atoms with Crippen LogP contribution < -0.4 is 5.32 Å². The van der Waals surface area contributed by atoms with E-state index in [0.29, 0.717) is 6.04 Å². The summed E-state index contributed by atoms with van der Waals surface area (Å²) in [6.45, 7) is 4.36. The summed E-state index contributed by atoms with van der Waals surface area (Å²) < 4.78 is 0. The Hall–Kier alpha value is -0.980. The summed E-state index contributed by atoms with van der Waals surface area (Å²) in [7, 11) is 0. The van der Waals surface area contributed by atoms with Gasteiger partial charge in [0.25, 0.3) is 0 Å². The van der Waals surface area contributed by atoms with E-state index >= 15 is 0 Å². The van der Waals surface area contributed by atoms with Crippen molar-refractivity contribution in [1.29, 1.82) is 0 Å². The molecule has 1 heterocycles. The third-order valence-corrected chi connectivity index (χ3v) is 2.19. The molecular formula is C10H13N. The van der Waals surface area contributed by atoms with E-state index in [2.05, 4.69) is 37.4 Å². The van der Waals surface area contributed by atoms with Crippen molar-refractivity contribution < 1.29 is 0 Å². The molecule has 0 spiro atoms. The molecule has 0 unspecified atom stereocenters. The van der Waals surface area contributed by atoms with Crippen LogP contribution in [0.3, 0.4) is 0 Å². The molecule has 1 aliphatic heterocycles. The summed E-state index contributed by atoms with van der Waals surface area (Å²) in [6.07, 6.45) is 1.18. The topological polar surface area (TPSA) is 12.0 Å². The van der Waals surface area contributed by atoms with Crippen LogP contribution in [0.1, 0.15) is 18.1 Å². The monoisotopic (exact) mass is 147 g/mol. The molecule has 2 rings (SSSR count). The minimum Gasteiger partial charge on any atom is -0.382 e. The third kappa shape index (κ3) is 1.11. The van der Waals surface area contributed by atoms with Gasteiger partial charge in [-0.2, -0.15) is 0 Å². The zero-order valence-electron chi connectivity index (χ0n) is 7.02. The van der Waals surface area contributed by atoms with Gasteiger partial charge in [-0.3, -0.25) is 0 Å². The first-order chi connectivity index (χ1) is 5.25. The average Bonchev–Trinajstić information content (AvgIpc) is 2.27. The largest absolute Gasteiger partial charge is 0.382 e. The molecule has 0 fully saturated rings. The van der Waals surface area contributed by atoms with Crippen LogP contribution in [0, 0.1) is 6.92 Å². The van der Waals surface area contributed by atoms with E-state index in [0.717, 1.165) is 0 Å². The Labute approximate surface area is 67.4 Å². The Balaban J connectivity index is 2.43. The van der Waals surface area contributed by atoms with Gasteiger partial charge in [0, 0.05) is 11.7 Å². The third-order valence-electron chi connectivity index (χ3n) is 2.19. The Morgan fingerprint density at radius 2 is 2.27 bits per heavy atom. The molecule has 1 heteroatoms. The predicted octanol–water partition coefficient (Wildman–Crippen LogP) is 2.35. The molecule has 0 amide bonds. The van der Waals surface area contributed by atoms with Crippen molar-refractivity contribution in [1.82, 2.24) is 0 Å². The average molecular weight is 147 g/mol. The van der Waals surface area contributed by atoms with Crippen LogP contribution in [0.15, 0.2) is 18.2 Å². The van der Waals surface area contributed by atoms with E-state index in [-0.39, 0.29) is 0 Å². The Morgan fingerprint density at radius 1 is 1.45 bits per heavy atom. The number of benzene rings is 1. The number of fused-ring (bicyclic) bond motifs is 1. The minimum atomic E-state index is 0.617. The van der Waals surface area contributed by atoms with Crippen LogP contribution in [-0.4, -0.2) is 6.04 Å². The molecule has 58 valence electrons. The first-order valence-corrected chi connectivity index (χ1v) is 4.12. The number of hydrogen-bond donors (Lipinski definition) is 1. The molecule has 1 N–H and O–H groups in total. The molecule has 0 aromatic heterocycles. The maximum Gasteiger partial charge on any atom is 0.0375 e. The second-order valence-corrected chi connectivity index (χ2v) is 3.41. The van der Waals surface area contributed by atoms with Crippen LogP contribution in [0.2, 0.25) is 0 Å². The molecule has 1 aliphatic rings. The highest BCUT2D eigenvalue weighted by Crippen LogP contribution is 2.25. The fourth-order valence-corrected chi connectivity index (χ4v) is 1.68. The number of hydrogen-bond acceptors (Lipinski definition) is 1. The predicted molar refractivity (Wildman–Crippen MR) is 48.0 cm³/mol. The summed E-state index contributed by atoms with van der Waals surface area (Å²) >= 11 is 0. The minimum absolute atomic E-state index is 0.617. The molecule has 0 bridgehead atoms. The Bertz CT molecular complexity index is 278. The van der Waals surface area contributed by atoms with Crippen molar-refractivity contribution in [3.05, 3.63) is 29.3 Å². The highest BCUT2D eigenvalue weighted by molar-refractivity contribution is 5.57. The van der Waals surface area contributed by atoms with E-state index in [1.165, 1.54) is 23.2 Å². The fraction of sp³-hybridized carbons (Fsp3) is 0.400. The molecule has 1 nitrogen and oxygen atoms in total.